The quantitative estimate of drug-likeness (QED) is 0.432. The van der Waals surface area contributed by atoms with Gasteiger partial charge in [0, 0.05) is 34.4 Å². The van der Waals surface area contributed by atoms with Crippen LogP contribution in [0, 0.1) is 5.92 Å². The van der Waals surface area contributed by atoms with Crippen LogP contribution in [0.4, 0.5) is 22.0 Å². The van der Waals surface area contributed by atoms with Gasteiger partial charge in [-0.2, -0.15) is 5.10 Å². The number of ketones is 1. The average Bonchev–Trinajstić information content (AvgIpc) is 3.22. The molecule has 3 unspecified atom stereocenters. The fourth-order valence-electron chi connectivity index (χ4n) is 4.43. The molecule has 3 atom stereocenters. The lowest BCUT2D eigenvalue weighted by Gasteiger charge is -2.41. The van der Waals surface area contributed by atoms with E-state index in [0.29, 0.717) is 29.5 Å². The van der Waals surface area contributed by atoms with Crippen molar-refractivity contribution in [2.45, 2.75) is 12.0 Å². The molecule has 0 radical (unpaired) electrons. The summed E-state index contributed by atoms with van der Waals surface area (Å²) < 4.78 is 0. The molecule has 3 aromatic rings. The number of piperidine rings is 1. The fourth-order valence-corrected chi connectivity index (χ4v) is 4.55. The Hall–Kier alpha value is -3.36. The van der Waals surface area contributed by atoms with Crippen LogP contribution in [0.15, 0.2) is 54.7 Å². The topological polar surface area (TPSA) is 111 Å². The molecule has 1 fully saturated rings. The summed E-state index contributed by atoms with van der Waals surface area (Å²) in [5.41, 5.74) is 3.20. The molecule has 31 heavy (non-hydrogen) atoms. The number of carbonyl (C=O) groups excluding carboxylic acids is 2. The molecule has 1 saturated heterocycles. The van der Waals surface area contributed by atoms with Crippen molar-refractivity contribution in [1.82, 2.24) is 15.5 Å². The Bertz CT molecular complexity index is 1130. The second-order valence-electron chi connectivity index (χ2n) is 7.76. The zero-order valence-electron chi connectivity index (χ0n) is 16.5. The Morgan fingerprint density at radius 1 is 1.10 bits per heavy atom. The number of anilines is 3. The van der Waals surface area contributed by atoms with Gasteiger partial charge in [-0.1, -0.05) is 23.7 Å². The third-order valence-corrected chi connectivity index (χ3v) is 6.02. The Morgan fingerprint density at radius 3 is 2.74 bits per heavy atom. The molecule has 2 aliphatic heterocycles. The van der Waals surface area contributed by atoms with Gasteiger partial charge >= 0.3 is 6.03 Å². The van der Waals surface area contributed by atoms with Crippen molar-refractivity contribution in [2.75, 3.05) is 29.0 Å². The van der Waals surface area contributed by atoms with E-state index >= 15 is 0 Å². The summed E-state index contributed by atoms with van der Waals surface area (Å²) >= 11 is 5.89. The number of amides is 2. The molecule has 2 aromatic carbocycles. The van der Waals surface area contributed by atoms with Crippen LogP contribution in [-0.4, -0.2) is 41.1 Å². The lowest BCUT2D eigenvalue weighted by molar-refractivity contribution is -0.124. The number of fused-ring (bicyclic) bond motifs is 2. The summed E-state index contributed by atoms with van der Waals surface area (Å²) in [6.45, 7) is 1.06. The zero-order chi connectivity index (χ0) is 21.4. The molecule has 9 heteroatoms. The lowest BCUT2D eigenvalue weighted by Crippen LogP contribution is -2.55. The molecular weight excluding hydrogens is 416 g/mol. The van der Waals surface area contributed by atoms with Crippen molar-refractivity contribution < 1.29 is 9.59 Å². The molecule has 0 bridgehead atoms. The molecule has 2 amide bonds. The van der Waals surface area contributed by atoms with E-state index in [4.69, 9.17) is 11.6 Å². The first-order valence-electron chi connectivity index (χ1n) is 10.1. The predicted octanol–water partition coefficient (Wildman–Crippen LogP) is 3.42. The highest BCUT2D eigenvalue weighted by atomic mass is 35.5. The number of Topliss-reactive ketones (excluding diaryl/α,β-unsaturated/α-hetero) is 1. The molecule has 158 valence electrons. The number of nitrogens with one attached hydrogen (secondary N) is 5. The minimum Gasteiger partial charge on any atom is -0.365 e. The second kappa shape index (κ2) is 8.05. The summed E-state index contributed by atoms with van der Waals surface area (Å²) in [5, 5.41) is 20.0. The molecular formula is C22H21ClN6O2. The highest BCUT2D eigenvalue weighted by molar-refractivity contribution is 6.30. The average molecular weight is 437 g/mol. The highest BCUT2D eigenvalue weighted by Gasteiger charge is 2.44. The van der Waals surface area contributed by atoms with Crippen LogP contribution >= 0.6 is 11.6 Å². The standard InChI is InChI=1S/C22H21ClN6O2/c23-13-4-6-14(7-5-13)26-22(31)27-15-3-1-2-12(8-15)19-16-9-25-29-21(16)28-17-10-24-11-18(30)20(17)19/h1-9,17,19-20,24H,10-11H2,(H2,25,28,29)(H2,26,27,31). The monoisotopic (exact) mass is 436 g/mol. The minimum absolute atomic E-state index is 0.0241. The van der Waals surface area contributed by atoms with E-state index in [1.54, 1.807) is 30.5 Å². The number of nitrogens with zero attached hydrogens (tertiary/aromatic N) is 1. The second-order valence-corrected chi connectivity index (χ2v) is 8.20. The van der Waals surface area contributed by atoms with Crippen LogP contribution in [0.2, 0.25) is 5.02 Å². The number of halogens is 1. The van der Waals surface area contributed by atoms with Crippen LogP contribution in [0.25, 0.3) is 0 Å². The maximum Gasteiger partial charge on any atom is 0.323 e. The third-order valence-electron chi connectivity index (χ3n) is 5.77. The van der Waals surface area contributed by atoms with Gasteiger partial charge in [-0.05, 0) is 42.0 Å². The Morgan fingerprint density at radius 2 is 1.90 bits per heavy atom. The van der Waals surface area contributed by atoms with Crippen molar-refractivity contribution in [3.8, 4) is 0 Å². The van der Waals surface area contributed by atoms with Crippen LogP contribution in [-0.2, 0) is 4.79 Å². The summed E-state index contributed by atoms with van der Waals surface area (Å²) in [6, 6.07) is 14.1. The molecule has 5 rings (SSSR count). The molecule has 8 nitrogen and oxygen atoms in total. The largest absolute Gasteiger partial charge is 0.365 e. The van der Waals surface area contributed by atoms with Gasteiger partial charge in [0.1, 0.15) is 5.82 Å². The number of carbonyl (C=O) groups is 2. The van der Waals surface area contributed by atoms with Gasteiger partial charge in [-0.15, -0.1) is 0 Å². The van der Waals surface area contributed by atoms with Gasteiger partial charge in [-0.25, -0.2) is 4.79 Å². The number of aromatic nitrogens is 2. The van der Waals surface area contributed by atoms with Crippen molar-refractivity contribution in [2.24, 2.45) is 5.92 Å². The van der Waals surface area contributed by atoms with Gasteiger partial charge in [0.25, 0.3) is 0 Å². The Kier molecular flexibility index (Phi) is 5.09. The summed E-state index contributed by atoms with van der Waals surface area (Å²) in [5.74, 6) is 0.654. The molecule has 0 spiro atoms. The third kappa shape index (κ3) is 3.87. The lowest BCUT2D eigenvalue weighted by atomic mass is 9.72. The number of urea groups is 1. The van der Waals surface area contributed by atoms with Crippen LogP contribution in [0.1, 0.15) is 17.0 Å². The number of benzene rings is 2. The van der Waals surface area contributed by atoms with Crippen molar-refractivity contribution >= 4 is 40.6 Å². The highest BCUT2D eigenvalue weighted by Crippen LogP contribution is 2.43. The Labute approximate surface area is 183 Å². The first-order valence-corrected chi connectivity index (χ1v) is 10.4. The van der Waals surface area contributed by atoms with Gasteiger partial charge < -0.3 is 21.3 Å². The van der Waals surface area contributed by atoms with Crippen molar-refractivity contribution in [1.29, 1.82) is 0 Å². The van der Waals surface area contributed by atoms with E-state index in [-0.39, 0.29) is 29.7 Å². The van der Waals surface area contributed by atoms with Crippen LogP contribution in [0.3, 0.4) is 0 Å². The summed E-state index contributed by atoms with van der Waals surface area (Å²) in [4.78, 5) is 25.3. The predicted molar refractivity (Wildman–Crippen MR) is 120 cm³/mol. The van der Waals surface area contributed by atoms with E-state index in [2.05, 4.69) is 31.5 Å². The molecule has 0 aliphatic carbocycles. The summed E-state index contributed by atoms with van der Waals surface area (Å²) in [6.07, 6.45) is 1.77. The van der Waals surface area contributed by atoms with Crippen molar-refractivity contribution in [3.05, 3.63) is 70.9 Å². The van der Waals surface area contributed by atoms with E-state index < -0.39 is 0 Å². The van der Waals surface area contributed by atoms with E-state index in [1.807, 2.05) is 24.3 Å². The smallest absolute Gasteiger partial charge is 0.323 e. The fraction of sp³-hybridized carbons (Fsp3) is 0.227. The van der Waals surface area contributed by atoms with E-state index in [0.717, 1.165) is 16.9 Å². The number of H-pyrrole nitrogens is 1. The molecule has 2 aliphatic rings. The first kappa shape index (κ1) is 19.6. The van der Waals surface area contributed by atoms with Gasteiger partial charge in [0.15, 0.2) is 5.78 Å². The molecule has 5 N–H and O–H groups in total. The number of aromatic amines is 1. The number of rotatable bonds is 3. The molecule has 0 saturated carbocycles. The normalized spacial score (nSPS) is 22.1. The number of hydrogen-bond donors (Lipinski definition) is 5. The van der Waals surface area contributed by atoms with Gasteiger partial charge in [-0.3, -0.25) is 9.89 Å². The zero-order valence-corrected chi connectivity index (χ0v) is 17.2. The minimum atomic E-state index is -0.357. The molecule has 3 heterocycles. The Balaban J connectivity index is 1.40. The van der Waals surface area contributed by atoms with E-state index in [1.165, 1.54) is 0 Å². The van der Waals surface area contributed by atoms with Gasteiger partial charge in [0.05, 0.1) is 24.7 Å². The maximum absolute atomic E-state index is 12.8. The van der Waals surface area contributed by atoms with Gasteiger partial charge in [0.2, 0.25) is 0 Å². The van der Waals surface area contributed by atoms with Crippen molar-refractivity contribution in [3.63, 3.8) is 0 Å². The first-order chi connectivity index (χ1) is 15.1. The molecule has 1 aromatic heterocycles. The maximum atomic E-state index is 12.8. The number of hydrogen-bond acceptors (Lipinski definition) is 5. The van der Waals surface area contributed by atoms with E-state index in [9.17, 15) is 9.59 Å². The van der Waals surface area contributed by atoms with Crippen LogP contribution < -0.4 is 21.3 Å². The SMILES string of the molecule is O=C(Nc1ccc(Cl)cc1)Nc1cccc(C2c3cn[nH]c3NC3CNCC(=O)C32)c1. The van der Waals surface area contributed by atoms with Crippen LogP contribution in [0.5, 0.6) is 0 Å². The summed E-state index contributed by atoms with van der Waals surface area (Å²) in [7, 11) is 0.